The number of aromatic nitrogens is 2. The fraction of sp³-hybridized carbons (Fsp3) is 0.267. The molecule has 1 atom stereocenters. The second-order valence-electron chi connectivity index (χ2n) is 5.14. The molecule has 1 unspecified atom stereocenters. The zero-order valence-corrected chi connectivity index (χ0v) is 12.0. The summed E-state index contributed by atoms with van der Waals surface area (Å²) in [6.07, 6.45) is 4.09. The third-order valence-electron chi connectivity index (χ3n) is 3.44. The van der Waals surface area contributed by atoms with Crippen LogP contribution in [0.1, 0.15) is 23.9 Å². The first-order valence-corrected chi connectivity index (χ1v) is 6.79. The van der Waals surface area contributed by atoms with Gasteiger partial charge in [0.2, 0.25) is 0 Å². The molecule has 6 nitrogen and oxygen atoms in total. The number of nitrogens with zero attached hydrogens (tertiary/aromatic N) is 4. The molecular formula is C15H17N5O. The number of benzene rings is 1. The van der Waals surface area contributed by atoms with Crippen molar-refractivity contribution in [3.63, 3.8) is 0 Å². The molecule has 108 valence electrons. The number of H-pyrrole nitrogens is 1. The lowest BCUT2D eigenvalue weighted by Crippen LogP contribution is -2.36. The quantitative estimate of drug-likeness (QED) is 0.918. The molecular weight excluding hydrogens is 266 g/mol. The minimum atomic E-state index is -0.134. The highest BCUT2D eigenvalue weighted by molar-refractivity contribution is 6.00. The first-order valence-electron chi connectivity index (χ1n) is 6.79. The van der Waals surface area contributed by atoms with Gasteiger partial charge in [0.05, 0.1) is 6.04 Å². The van der Waals surface area contributed by atoms with Crippen molar-refractivity contribution in [2.75, 3.05) is 14.1 Å². The molecule has 0 bridgehead atoms. The summed E-state index contributed by atoms with van der Waals surface area (Å²) in [7, 11) is 3.45. The maximum Gasteiger partial charge on any atom is 0.340 e. The second-order valence-corrected chi connectivity index (χ2v) is 5.14. The van der Waals surface area contributed by atoms with Gasteiger partial charge in [-0.25, -0.2) is 14.8 Å². The number of nitrogens with one attached hydrogen (secondary N) is 1. The van der Waals surface area contributed by atoms with Crippen molar-refractivity contribution in [1.82, 2.24) is 19.9 Å². The number of hydrazone groups is 1. The smallest absolute Gasteiger partial charge is 0.340 e. The molecule has 0 fully saturated rings. The SMILES string of the molecule is CN(C)C(=O)N1N=C(c2ncc[nH]2)CC1c1ccccc1. The third kappa shape index (κ3) is 2.52. The maximum atomic E-state index is 12.4. The van der Waals surface area contributed by atoms with Crippen molar-refractivity contribution in [3.8, 4) is 0 Å². The minimum absolute atomic E-state index is 0.0961. The van der Waals surface area contributed by atoms with E-state index in [1.165, 1.54) is 9.91 Å². The van der Waals surface area contributed by atoms with Crippen LogP contribution in [-0.4, -0.2) is 45.7 Å². The van der Waals surface area contributed by atoms with Gasteiger partial charge in [-0.15, -0.1) is 0 Å². The number of carbonyl (C=O) groups is 1. The first kappa shape index (κ1) is 13.4. The second kappa shape index (κ2) is 5.40. The van der Waals surface area contributed by atoms with E-state index >= 15 is 0 Å². The van der Waals surface area contributed by atoms with Crippen LogP contribution in [0.2, 0.25) is 0 Å². The molecule has 1 N–H and O–H groups in total. The van der Waals surface area contributed by atoms with Crippen LogP contribution in [0.3, 0.4) is 0 Å². The van der Waals surface area contributed by atoms with Gasteiger partial charge in [-0.2, -0.15) is 5.10 Å². The summed E-state index contributed by atoms with van der Waals surface area (Å²) >= 11 is 0. The number of imidazole rings is 1. The lowest BCUT2D eigenvalue weighted by atomic mass is 10.0. The van der Waals surface area contributed by atoms with E-state index in [0.29, 0.717) is 12.2 Å². The summed E-state index contributed by atoms with van der Waals surface area (Å²) < 4.78 is 0. The van der Waals surface area contributed by atoms with Crippen LogP contribution >= 0.6 is 0 Å². The Labute approximate surface area is 123 Å². The van der Waals surface area contributed by atoms with Gasteiger partial charge in [0, 0.05) is 32.9 Å². The van der Waals surface area contributed by atoms with Gasteiger partial charge in [-0.3, -0.25) is 0 Å². The molecule has 21 heavy (non-hydrogen) atoms. The van der Waals surface area contributed by atoms with E-state index in [2.05, 4.69) is 15.1 Å². The average molecular weight is 283 g/mol. The summed E-state index contributed by atoms with van der Waals surface area (Å²) in [5.41, 5.74) is 1.86. The van der Waals surface area contributed by atoms with Crippen LogP contribution in [0.15, 0.2) is 47.8 Å². The van der Waals surface area contributed by atoms with Crippen molar-refractivity contribution >= 4 is 11.7 Å². The van der Waals surface area contributed by atoms with Crippen LogP contribution in [0, 0.1) is 0 Å². The van der Waals surface area contributed by atoms with Crippen LogP contribution in [0.4, 0.5) is 4.79 Å². The third-order valence-corrected chi connectivity index (χ3v) is 3.44. The summed E-state index contributed by atoms with van der Waals surface area (Å²) in [5, 5.41) is 6.01. The fourth-order valence-electron chi connectivity index (χ4n) is 2.39. The predicted octanol–water partition coefficient (Wildman–Crippen LogP) is 2.24. The normalized spacial score (nSPS) is 17.7. The summed E-state index contributed by atoms with van der Waals surface area (Å²) in [4.78, 5) is 21.2. The van der Waals surface area contributed by atoms with E-state index in [1.807, 2.05) is 30.3 Å². The maximum absolute atomic E-state index is 12.4. The molecule has 6 heteroatoms. The zero-order chi connectivity index (χ0) is 14.8. The Bertz CT molecular complexity index is 648. The summed E-state index contributed by atoms with van der Waals surface area (Å²) in [6, 6.07) is 9.70. The molecule has 1 aliphatic heterocycles. The Morgan fingerprint density at radius 3 is 2.71 bits per heavy atom. The topological polar surface area (TPSA) is 64.6 Å². The molecule has 1 aliphatic rings. The van der Waals surface area contributed by atoms with Crippen LogP contribution < -0.4 is 0 Å². The molecule has 0 saturated carbocycles. The highest BCUT2D eigenvalue weighted by Gasteiger charge is 2.34. The van der Waals surface area contributed by atoms with Crippen LogP contribution in [0.5, 0.6) is 0 Å². The van der Waals surface area contributed by atoms with Crippen molar-refractivity contribution in [2.24, 2.45) is 5.10 Å². The number of amides is 2. The Hall–Kier alpha value is -2.63. The predicted molar refractivity (Wildman–Crippen MR) is 79.8 cm³/mol. The molecule has 2 amide bonds. The molecule has 0 radical (unpaired) electrons. The largest absolute Gasteiger partial charge is 0.344 e. The highest BCUT2D eigenvalue weighted by atomic mass is 16.2. The highest BCUT2D eigenvalue weighted by Crippen LogP contribution is 2.32. The molecule has 2 heterocycles. The van der Waals surface area contributed by atoms with E-state index in [-0.39, 0.29) is 12.1 Å². The fourth-order valence-corrected chi connectivity index (χ4v) is 2.39. The average Bonchev–Trinajstić information content (AvgIpc) is 3.16. The summed E-state index contributed by atoms with van der Waals surface area (Å²) in [5.74, 6) is 0.713. The van der Waals surface area contributed by atoms with Crippen molar-refractivity contribution in [1.29, 1.82) is 0 Å². The Morgan fingerprint density at radius 2 is 2.10 bits per heavy atom. The summed E-state index contributed by atoms with van der Waals surface area (Å²) in [6.45, 7) is 0. The van der Waals surface area contributed by atoms with Gasteiger partial charge in [0.15, 0.2) is 5.82 Å². The number of hydrogen-bond donors (Lipinski definition) is 1. The van der Waals surface area contributed by atoms with Gasteiger partial charge in [0.1, 0.15) is 5.71 Å². The van der Waals surface area contributed by atoms with Gasteiger partial charge < -0.3 is 9.88 Å². The Morgan fingerprint density at radius 1 is 1.33 bits per heavy atom. The van der Waals surface area contributed by atoms with Gasteiger partial charge >= 0.3 is 6.03 Å². The van der Waals surface area contributed by atoms with Gasteiger partial charge in [-0.05, 0) is 5.56 Å². The Balaban J connectivity index is 1.95. The number of rotatable bonds is 2. The molecule has 2 aromatic rings. The molecule has 0 spiro atoms. The van der Waals surface area contributed by atoms with E-state index in [9.17, 15) is 4.79 Å². The molecule has 1 aromatic heterocycles. The Kier molecular flexibility index (Phi) is 3.43. The molecule has 1 aromatic carbocycles. The lowest BCUT2D eigenvalue weighted by Gasteiger charge is -2.24. The number of aromatic amines is 1. The van der Waals surface area contributed by atoms with Gasteiger partial charge in [-0.1, -0.05) is 30.3 Å². The molecule has 0 saturated heterocycles. The van der Waals surface area contributed by atoms with Gasteiger partial charge in [0.25, 0.3) is 0 Å². The van der Waals surface area contributed by atoms with Crippen molar-refractivity contribution in [3.05, 3.63) is 54.1 Å². The number of hydrogen-bond acceptors (Lipinski definition) is 3. The van der Waals surface area contributed by atoms with Crippen molar-refractivity contribution in [2.45, 2.75) is 12.5 Å². The zero-order valence-electron chi connectivity index (χ0n) is 12.0. The van der Waals surface area contributed by atoms with E-state index in [0.717, 1.165) is 11.3 Å². The number of urea groups is 1. The van der Waals surface area contributed by atoms with Crippen molar-refractivity contribution < 1.29 is 4.79 Å². The molecule has 3 rings (SSSR count). The van der Waals surface area contributed by atoms with E-state index in [4.69, 9.17) is 0 Å². The molecule has 0 aliphatic carbocycles. The van der Waals surface area contributed by atoms with E-state index in [1.54, 1.807) is 26.5 Å². The van der Waals surface area contributed by atoms with E-state index < -0.39 is 0 Å². The lowest BCUT2D eigenvalue weighted by molar-refractivity contribution is 0.159. The minimum Gasteiger partial charge on any atom is -0.344 e. The van der Waals surface area contributed by atoms with Crippen LogP contribution in [-0.2, 0) is 0 Å². The standard InChI is InChI=1S/C15H17N5O/c1-19(2)15(21)20-13(11-6-4-3-5-7-11)10-12(18-20)14-16-8-9-17-14/h3-9,13H,10H2,1-2H3,(H,16,17). The van der Waals surface area contributed by atoms with Crippen LogP contribution in [0.25, 0.3) is 0 Å². The monoisotopic (exact) mass is 283 g/mol. The number of carbonyl (C=O) groups excluding carboxylic acids is 1. The first-order chi connectivity index (χ1) is 10.2.